The fourth-order valence-corrected chi connectivity index (χ4v) is 3.40. The van der Waals surface area contributed by atoms with Gasteiger partial charge in [-0.1, -0.05) is 6.92 Å². The summed E-state index contributed by atoms with van der Waals surface area (Å²) in [7, 11) is 0. The van der Waals surface area contributed by atoms with Crippen molar-refractivity contribution in [1.29, 1.82) is 0 Å². The number of carbonyl (C=O) groups excluding carboxylic acids is 1. The van der Waals surface area contributed by atoms with Crippen molar-refractivity contribution in [2.75, 3.05) is 6.54 Å². The molecular formula is C14H23N3OS. The summed E-state index contributed by atoms with van der Waals surface area (Å²) in [5, 5.41) is 4.17. The largest absolute Gasteiger partial charge is 0.345 e. The maximum absolute atomic E-state index is 12.4. The van der Waals surface area contributed by atoms with E-state index >= 15 is 0 Å². The van der Waals surface area contributed by atoms with Crippen LogP contribution in [0.1, 0.15) is 53.5 Å². The predicted octanol–water partition coefficient (Wildman–Crippen LogP) is 2.26. The predicted molar refractivity (Wildman–Crippen MR) is 78.5 cm³/mol. The molecule has 0 aromatic carbocycles. The molecule has 0 saturated heterocycles. The summed E-state index contributed by atoms with van der Waals surface area (Å²) >= 11 is 1.51. The van der Waals surface area contributed by atoms with Crippen molar-refractivity contribution in [2.45, 2.75) is 52.0 Å². The first-order valence-corrected chi connectivity index (χ1v) is 7.80. The molecule has 0 bridgehead atoms. The fraction of sp³-hybridized carbons (Fsp3) is 0.714. The molecule has 1 amide bonds. The molecule has 1 fully saturated rings. The number of aryl methyl sites for hydroxylation is 2. The SMILES string of the molecule is CCCc1nc(C)c(C(=O)NC(C)(CN)C2CC2)s1. The summed E-state index contributed by atoms with van der Waals surface area (Å²) in [6.45, 7) is 6.56. The molecule has 3 N–H and O–H groups in total. The second-order valence-electron chi connectivity index (χ2n) is 5.62. The number of rotatable bonds is 6. The zero-order chi connectivity index (χ0) is 14.0. The van der Waals surface area contributed by atoms with Gasteiger partial charge in [0.15, 0.2) is 0 Å². The Morgan fingerprint density at radius 2 is 2.26 bits per heavy atom. The number of amides is 1. The summed E-state index contributed by atoms with van der Waals surface area (Å²) in [5.41, 5.74) is 6.41. The monoisotopic (exact) mass is 281 g/mol. The van der Waals surface area contributed by atoms with Crippen molar-refractivity contribution in [3.05, 3.63) is 15.6 Å². The number of nitrogens with one attached hydrogen (secondary N) is 1. The molecule has 0 aliphatic heterocycles. The zero-order valence-corrected chi connectivity index (χ0v) is 12.8. The molecule has 0 radical (unpaired) electrons. The van der Waals surface area contributed by atoms with E-state index in [9.17, 15) is 4.79 Å². The van der Waals surface area contributed by atoms with Gasteiger partial charge in [0.05, 0.1) is 16.2 Å². The van der Waals surface area contributed by atoms with Gasteiger partial charge in [0.25, 0.3) is 5.91 Å². The number of aromatic nitrogens is 1. The second kappa shape index (κ2) is 5.59. The molecule has 1 aliphatic rings. The van der Waals surface area contributed by atoms with Gasteiger partial charge in [-0.15, -0.1) is 11.3 Å². The van der Waals surface area contributed by atoms with E-state index in [0.717, 1.165) is 41.3 Å². The van der Waals surface area contributed by atoms with Crippen LogP contribution >= 0.6 is 11.3 Å². The van der Waals surface area contributed by atoms with Crippen molar-refractivity contribution in [3.63, 3.8) is 0 Å². The van der Waals surface area contributed by atoms with Crippen LogP contribution in [-0.2, 0) is 6.42 Å². The minimum Gasteiger partial charge on any atom is -0.345 e. The topological polar surface area (TPSA) is 68.0 Å². The first kappa shape index (κ1) is 14.5. The van der Waals surface area contributed by atoms with E-state index in [4.69, 9.17) is 5.73 Å². The Morgan fingerprint density at radius 1 is 1.58 bits per heavy atom. The van der Waals surface area contributed by atoms with Gasteiger partial charge >= 0.3 is 0 Å². The Kier molecular flexibility index (Phi) is 4.26. The summed E-state index contributed by atoms with van der Waals surface area (Å²) in [6.07, 6.45) is 4.32. The third-order valence-corrected chi connectivity index (χ3v) is 5.03. The molecule has 4 nitrogen and oxygen atoms in total. The normalized spacial score (nSPS) is 18.1. The van der Waals surface area contributed by atoms with Crippen LogP contribution in [0.5, 0.6) is 0 Å². The fourth-order valence-electron chi connectivity index (χ4n) is 2.34. The van der Waals surface area contributed by atoms with Crippen molar-refractivity contribution in [3.8, 4) is 0 Å². The molecule has 1 heterocycles. The molecule has 1 atom stereocenters. The molecule has 2 rings (SSSR count). The molecule has 1 saturated carbocycles. The smallest absolute Gasteiger partial charge is 0.263 e. The Hall–Kier alpha value is -0.940. The lowest BCUT2D eigenvalue weighted by molar-refractivity contribution is 0.0901. The quantitative estimate of drug-likeness (QED) is 0.840. The van der Waals surface area contributed by atoms with Gasteiger partial charge in [-0.25, -0.2) is 4.98 Å². The van der Waals surface area contributed by atoms with Gasteiger partial charge in [-0.05, 0) is 45.4 Å². The Bertz CT molecular complexity index is 467. The standard InChI is InChI=1S/C14H23N3OS/c1-4-5-11-16-9(2)12(19-11)13(18)17-14(3,8-15)10-6-7-10/h10H,4-8,15H2,1-3H3,(H,17,18). The molecule has 0 spiro atoms. The maximum atomic E-state index is 12.4. The number of thiazole rings is 1. The van der Waals surface area contributed by atoms with Gasteiger partial charge in [0.1, 0.15) is 4.88 Å². The van der Waals surface area contributed by atoms with E-state index in [1.807, 2.05) is 13.8 Å². The number of nitrogens with two attached hydrogens (primary N) is 1. The summed E-state index contributed by atoms with van der Waals surface area (Å²) < 4.78 is 0. The number of carbonyl (C=O) groups is 1. The zero-order valence-electron chi connectivity index (χ0n) is 12.0. The van der Waals surface area contributed by atoms with Crippen LogP contribution < -0.4 is 11.1 Å². The van der Waals surface area contributed by atoms with Crippen LogP contribution in [0.25, 0.3) is 0 Å². The van der Waals surface area contributed by atoms with Crippen molar-refractivity contribution in [2.24, 2.45) is 11.7 Å². The van der Waals surface area contributed by atoms with Gasteiger partial charge in [-0.3, -0.25) is 4.79 Å². The van der Waals surface area contributed by atoms with E-state index in [1.54, 1.807) is 0 Å². The van der Waals surface area contributed by atoms with Gasteiger partial charge in [0.2, 0.25) is 0 Å². The molecule has 106 valence electrons. The molecule has 19 heavy (non-hydrogen) atoms. The highest BCUT2D eigenvalue weighted by molar-refractivity contribution is 7.13. The lowest BCUT2D eigenvalue weighted by Gasteiger charge is -2.29. The average molecular weight is 281 g/mol. The van der Waals surface area contributed by atoms with Gasteiger partial charge in [0, 0.05) is 6.54 Å². The van der Waals surface area contributed by atoms with E-state index in [1.165, 1.54) is 11.3 Å². The lowest BCUT2D eigenvalue weighted by atomic mass is 9.96. The van der Waals surface area contributed by atoms with Crippen LogP contribution in [0.3, 0.4) is 0 Å². The van der Waals surface area contributed by atoms with Crippen molar-refractivity contribution in [1.82, 2.24) is 10.3 Å². The highest BCUT2D eigenvalue weighted by atomic mass is 32.1. The molecule has 1 aromatic heterocycles. The first-order chi connectivity index (χ1) is 9.00. The Labute approximate surface area is 118 Å². The van der Waals surface area contributed by atoms with E-state index in [2.05, 4.69) is 17.2 Å². The Balaban J connectivity index is 2.10. The minimum absolute atomic E-state index is 0.0165. The summed E-state index contributed by atoms with van der Waals surface area (Å²) in [4.78, 5) is 17.6. The van der Waals surface area contributed by atoms with Crippen molar-refractivity contribution < 1.29 is 4.79 Å². The number of hydrogen-bond donors (Lipinski definition) is 2. The third kappa shape index (κ3) is 3.15. The van der Waals surface area contributed by atoms with Crippen LogP contribution in [-0.4, -0.2) is 23.0 Å². The first-order valence-electron chi connectivity index (χ1n) is 6.99. The van der Waals surface area contributed by atoms with Crippen molar-refractivity contribution >= 4 is 17.2 Å². The van der Waals surface area contributed by atoms with Crippen LogP contribution in [0.15, 0.2) is 0 Å². The molecular weight excluding hydrogens is 258 g/mol. The van der Waals surface area contributed by atoms with E-state index in [0.29, 0.717) is 12.5 Å². The highest BCUT2D eigenvalue weighted by Crippen LogP contribution is 2.39. The maximum Gasteiger partial charge on any atom is 0.263 e. The minimum atomic E-state index is -0.265. The second-order valence-corrected chi connectivity index (χ2v) is 6.71. The van der Waals surface area contributed by atoms with E-state index in [-0.39, 0.29) is 11.4 Å². The van der Waals surface area contributed by atoms with Gasteiger partial charge in [-0.2, -0.15) is 0 Å². The average Bonchev–Trinajstić information content (AvgIpc) is 3.15. The molecule has 5 heteroatoms. The van der Waals surface area contributed by atoms with Crippen LogP contribution in [0, 0.1) is 12.8 Å². The number of nitrogens with zero attached hydrogens (tertiary/aromatic N) is 1. The van der Waals surface area contributed by atoms with Gasteiger partial charge < -0.3 is 11.1 Å². The third-order valence-electron chi connectivity index (χ3n) is 3.81. The molecule has 1 unspecified atom stereocenters. The van der Waals surface area contributed by atoms with E-state index < -0.39 is 0 Å². The lowest BCUT2D eigenvalue weighted by Crippen LogP contribution is -2.53. The Morgan fingerprint density at radius 3 is 2.79 bits per heavy atom. The molecule has 1 aliphatic carbocycles. The highest BCUT2D eigenvalue weighted by Gasteiger charge is 2.42. The summed E-state index contributed by atoms with van der Waals surface area (Å²) in [5.74, 6) is 0.516. The summed E-state index contributed by atoms with van der Waals surface area (Å²) in [6, 6.07) is 0. The number of hydrogen-bond acceptors (Lipinski definition) is 4. The molecule has 1 aromatic rings. The van der Waals surface area contributed by atoms with Crippen LogP contribution in [0.2, 0.25) is 0 Å². The van der Waals surface area contributed by atoms with Crippen LogP contribution in [0.4, 0.5) is 0 Å².